The maximum Gasteiger partial charge on any atom is 0.137 e. The van der Waals surface area contributed by atoms with E-state index in [1.165, 1.54) is 12.7 Å². The first-order valence-corrected chi connectivity index (χ1v) is 5.83. The van der Waals surface area contributed by atoms with Crippen LogP contribution in [0.3, 0.4) is 0 Å². The van der Waals surface area contributed by atoms with E-state index in [-0.39, 0.29) is 0 Å². The van der Waals surface area contributed by atoms with Gasteiger partial charge in [-0.15, -0.1) is 0 Å². The fourth-order valence-electron chi connectivity index (χ4n) is 1.77. The molecule has 1 heterocycles. The number of halogens is 1. The van der Waals surface area contributed by atoms with Crippen molar-refractivity contribution in [2.45, 2.75) is 26.7 Å². The quantitative estimate of drug-likeness (QED) is 0.801. The van der Waals surface area contributed by atoms with Crippen molar-refractivity contribution in [3.05, 3.63) is 17.0 Å². The molecule has 0 spiro atoms. The molecule has 2 atom stereocenters. The van der Waals surface area contributed by atoms with E-state index in [4.69, 9.17) is 11.6 Å². The summed E-state index contributed by atoms with van der Waals surface area (Å²) in [6.45, 7) is 5.34. The second kappa shape index (κ2) is 4.35. The first-order valence-electron chi connectivity index (χ1n) is 5.45. The highest BCUT2D eigenvalue weighted by molar-refractivity contribution is 6.30. The van der Waals surface area contributed by atoms with Crippen molar-refractivity contribution >= 4 is 17.4 Å². The van der Waals surface area contributed by atoms with Crippen LogP contribution in [0.4, 0.5) is 5.82 Å². The van der Waals surface area contributed by atoms with Crippen molar-refractivity contribution in [3.8, 4) is 0 Å². The Morgan fingerprint density at radius 3 is 2.87 bits per heavy atom. The standard InChI is InChI=1S/C11H16ClN3/c1-3-9-10(12)14-6-15-11(9)13-5-8-4-7(8)2/h6-8H,3-5H2,1-2H3,(H,13,14,15). The molecule has 1 aromatic rings. The van der Waals surface area contributed by atoms with Crippen molar-refractivity contribution in [1.82, 2.24) is 9.97 Å². The largest absolute Gasteiger partial charge is 0.369 e. The first kappa shape index (κ1) is 10.7. The third kappa shape index (κ3) is 2.40. The monoisotopic (exact) mass is 225 g/mol. The number of hydrogen-bond donors (Lipinski definition) is 1. The molecule has 0 radical (unpaired) electrons. The SMILES string of the molecule is CCc1c(Cl)ncnc1NCC1CC1C. The highest BCUT2D eigenvalue weighted by atomic mass is 35.5. The topological polar surface area (TPSA) is 37.8 Å². The van der Waals surface area contributed by atoms with Crippen molar-refractivity contribution in [1.29, 1.82) is 0 Å². The van der Waals surface area contributed by atoms with Crippen LogP contribution in [0.25, 0.3) is 0 Å². The minimum atomic E-state index is 0.568. The molecule has 4 heteroatoms. The van der Waals surface area contributed by atoms with Crippen molar-refractivity contribution in [3.63, 3.8) is 0 Å². The highest BCUT2D eigenvalue weighted by Gasteiger charge is 2.32. The van der Waals surface area contributed by atoms with E-state index in [9.17, 15) is 0 Å². The zero-order valence-electron chi connectivity index (χ0n) is 9.13. The minimum absolute atomic E-state index is 0.568. The van der Waals surface area contributed by atoms with Crippen molar-refractivity contribution in [2.24, 2.45) is 11.8 Å². The fourth-order valence-corrected chi connectivity index (χ4v) is 2.03. The predicted molar refractivity (Wildman–Crippen MR) is 62.2 cm³/mol. The van der Waals surface area contributed by atoms with Crippen LogP contribution in [0.1, 0.15) is 25.8 Å². The molecule has 1 N–H and O–H groups in total. The molecule has 0 aromatic carbocycles. The normalized spacial score (nSPS) is 23.9. The summed E-state index contributed by atoms with van der Waals surface area (Å²) in [7, 11) is 0. The van der Waals surface area contributed by atoms with Gasteiger partial charge in [0.25, 0.3) is 0 Å². The fraction of sp³-hybridized carbons (Fsp3) is 0.636. The number of hydrogen-bond acceptors (Lipinski definition) is 3. The Morgan fingerprint density at radius 2 is 2.27 bits per heavy atom. The van der Waals surface area contributed by atoms with Crippen molar-refractivity contribution in [2.75, 3.05) is 11.9 Å². The molecule has 82 valence electrons. The molecule has 1 aromatic heterocycles. The second-order valence-electron chi connectivity index (χ2n) is 4.20. The Labute approximate surface area is 95.3 Å². The summed E-state index contributed by atoms with van der Waals surface area (Å²) >= 11 is 6.00. The van der Waals surface area contributed by atoms with E-state index in [1.54, 1.807) is 0 Å². The van der Waals surface area contributed by atoms with E-state index >= 15 is 0 Å². The van der Waals surface area contributed by atoms with Crippen LogP contribution in [0, 0.1) is 11.8 Å². The summed E-state index contributed by atoms with van der Waals surface area (Å²) in [6, 6.07) is 0. The zero-order chi connectivity index (χ0) is 10.8. The van der Waals surface area contributed by atoms with Crippen LogP contribution in [0.15, 0.2) is 6.33 Å². The summed E-state index contributed by atoms with van der Waals surface area (Å²) in [5.41, 5.74) is 1.02. The van der Waals surface area contributed by atoms with Gasteiger partial charge in [-0.3, -0.25) is 0 Å². The molecule has 1 aliphatic rings. The van der Waals surface area contributed by atoms with Crippen molar-refractivity contribution < 1.29 is 0 Å². The average molecular weight is 226 g/mol. The molecule has 1 aliphatic carbocycles. The van der Waals surface area contributed by atoms with E-state index in [0.29, 0.717) is 5.15 Å². The number of aromatic nitrogens is 2. The molecule has 0 saturated heterocycles. The molecule has 15 heavy (non-hydrogen) atoms. The predicted octanol–water partition coefficient (Wildman–Crippen LogP) is 2.76. The summed E-state index contributed by atoms with van der Waals surface area (Å²) in [5, 5.41) is 3.93. The Kier molecular flexibility index (Phi) is 3.10. The number of nitrogens with zero attached hydrogens (tertiary/aromatic N) is 2. The number of nitrogens with one attached hydrogen (secondary N) is 1. The number of anilines is 1. The molecule has 2 unspecified atom stereocenters. The molecule has 0 bridgehead atoms. The van der Waals surface area contributed by atoms with E-state index in [0.717, 1.165) is 36.2 Å². The van der Waals surface area contributed by atoms with Crippen LogP contribution in [-0.2, 0) is 6.42 Å². The lowest BCUT2D eigenvalue weighted by Crippen LogP contribution is -2.09. The van der Waals surface area contributed by atoms with Gasteiger partial charge in [-0.25, -0.2) is 9.97 Å². The summed E-state index contributed by atoms with van der Waals surface area (Å²) in [5.74, 6) is 2.57. The van der Waals surface area contributed by atoms with E-state index < -0.39 is 0 Å². The maximum atomic E-state index is 6.00. The third-order valence-corrected chi connectivity index (χ3v) is 3.38. The Bertz CT molecular complexity index is 354. The molecule has 0 amide bonds. The molecular weight excluding hydrogens is 210 g/mol. The van der Waals surface area contributed by atoms with Crippen LogP contribution in [0.5, 0.6) is 0 Å². The van der Waals surface area contributed by atoms with E-state index in [1.807, 2.05) is 0 Å². The first-order chi connectivity index (χ1) is 7.22. The molecular formula is C11H16ClN3. The van der Waals surface area contributed by atoms with Crippen LogP contribution < -0.4 is 5.32 Å². The maximum absolute atomic E-state index is 6.00. The summed E-state index contributed by atoms with van der Waals surface area (Å²) in [6.07, 6.45) is 3.70. The lowest BCUT2D eigenvalue weighted by Gasteiger charge is -2.09. The summed E-state index contributed by atoms with van der Waals surface area (Å²) in [4.78, 5) is 8.21. The van der Waals surface area contributed by atoms with Gasteiger partial charge in [0, 0.05) is 12.1 Å². The van der Waals surface area contributed by atoms with Crippen LogP contribution in [0.2, 0.25) is 5.15 Å². The van der Waals surface area contributed by atoms with Gasteiger partial charge in [0.1, 0.15) is 17.3 Å². The molecule has 1 fully saturated rings. The van der Waals surface area contributed by atoms with Gasteiger partial charge in [-0.2, -0.15) is 0 Å². The highest BCUT2D eigenvalue weighted by Crippen LogP contribution is 2.37. The second-order valence-corrected chi connectivity index (χ2v) is 4.56. The lowest BCUT2D eigenvalue weighted by atomic mass is 10.2. The van der Waals surface area contributed by atoms with Crippen LogP contribution in [-0.4, -0.2) is 16.5 Å². The average Bonchev–Trinajstić information content (AvgIpc) is 2.92. The summed E-state index contributed by atoms with van der Waals surface area (Å²) < 4.78 is 0. The lowest BCUT2D eigenvalue weighted by molar-refractivity contribution is 0.782. The third-order valence-electron chi connectivity index (χ3n) is 3.05. The van der Waals surface area contributed by atoms with Gasteiger partial charge in [0.15, 0.2) is 0 Å². The number of rotatable bonds is 4. The van der Waals surface area contributed by atoms with Crippen LogP contribution >= 0.6 is 11.6 Å². The van der Waals surface area contributed by atoms with Gasteiger partial charge in [0.2, 0.25) is 0 Å². The molecule has 3 nitrogen and oxygen atoms in total. The van der Waals surface area contributed by atoms with Gasteiger partial charge in [-0.1, -0.05) is 25.4 Å². The smallest absolute Gasteiger partial charge is 0.137 e. The molecule has 2 rings (SSSR count). The van der Waals surface area contributed by atoms with Gasteiger partial charge in [-0.05, 0) is 24.7 Å². The zero-order valence-corrected chi connectivity index (χ0v) is 9.88. The molecule has 1 saturated carbocycles. The minimum Gasteiger partial charge on any atom is -0.369 e. The van der Waals surface area contributed by atoms with Gasteiger partial charge in [0.05, 0.1) is 0 Å². The van der Waals surface area contributed by atoms with Gasteiger partial charge < -0.3 is 5.32 Å². The Hall–Kier alpha value is -0.830. The van der Waals surface area contributed by atoms with E-state index in [2.05, 4.69) is 29.1 Å². The molecule has 0 aliphatic heterocycles. The van der Waals surface area contributed by atoms with Gasteiger partial charge >= 0.3 is 0 Å². The Morgan fingerprint density at radius 1 is 1.53 bits per heavy atom. The Balaban J connectivity index is 2.03.